The van der Waals surface area contributed by atoms with Crippen LogP contribution < -0.4 is 15.8 Å². The van der Waals surface area contributed by atoms with Crippen LogP contribution in [0.2, 0.25) is 0 Å². The van der Waals surface area contributed by atoms with E-state index in [-0.39, 0.29) is 0 Å². The predicted octanol–water partition coefficient (Wildman–Crippen LogP) is 3.97. The summed E-state index contributed by atoms with van der Waals surface area (Å²) in [5, 5.41) is 4.30. The lowest BCUT2D eigenvalue weighted by atomic mass is 10.1. The zero-order chi connectivity index (χ0) is 21.4. The Morgan fingerprint density at radius 1 is 1.16 bits per heavy atom. The molecule has 0 spiro atoms. The van der Waals surface area contributed by atoms with Crippen LogP contribution in [0.3, 0.4) is 0 Å². The number of H-pyrrole nitrogens is 1. The highest BCUT2D eigenvalue weighted by Crippen LogP contribution is 2.37. The molecule has 4 N–H and O–H groups in total. The molecule has 2 aromatic carbocycles. The number of primary amides is 1. The number of benzene rings is 2. The third kappa shape index (κ3) is 3.48. The van der Waals surface area contributed by atoms with Crippen molar-refractivity contribution < 1.29 is 9.53 Å². The molecular weight excluding hydrogens is 390 g/mol. The Morgan fingerprint density at radius 3 is 2.81 bits per heavy atom. The molecule has 0 saturated carbocycles. The van der Waals surface area contributed by atoms with E-state index in [4.69, 9.17) is 20.4 Å². The van der Waals surface area contributed by atoms with Crippen molar-refractivity contribution in [2.45, 2.75) is 26.3 Å². The Labute approximate surface area is 179 Å². The molecule has 1 aliphatic rings. The molecule has 0 unspecified atom stereocenters. The Hall–Kier alpha value is -3.87. The highest BCUT2D eigenvalue weighted by atomic mass is 16.5. The minimum absolute atomic E-state index is 0.454. The van der Waals surface area contributed by atoms with Gasteiger partial charge in [0, 0.05) is 23.2 Å². The second-order valence-corrected chi connectivity index (χ2v) is 7.68. The molecule has 0 bridgehead atoms. The SMILES string of the molecule is Cc1[nH]c2c(C(N)=O)cccc2c1-c1nc2c(c(NCc3ccccc3)n1)OCCC2. The van der Waals surface area contributed by atoms with Crippen molar-refractivity contribution in [3.8, 4) is 17.1 Å². The number of nitrogens with two attached hydrogens (primary N) is 1. The van der Waals surface area contributed by atoms with Gasteiger partial charge in [0.1, 0.15) is 0 Å². The monoisotopic (exact) mass is 413 g/mol. The number of carbonyl (C=O) groups excluding carboxylic acids is 1. The molecule has 0 aliphatic carbocycles. The first-order valence-corrected chi connectivity index (χ1v) is 10.3. The second kappa shape index (κ2) is 7.75. The number of aromatic amines is 1. The van der Waals surface area contributed by atoms with Crippen molar-refractivity contribution in [3.63, 3.8) is 0 Å². The lowest BCUT2D eigenvalue weighted by Gasteiger charge is -2.20. The molecule has 1 amide bonds. The fraction of sp³-hybridized carbons (Fsp3) is 0.208. The van der Waals surface area contributed by atoms with Crippen LogP contribution in [0.15, 0.2) is 48.5 Å². The highest BCUT2D eigenvalue weighted by molar-refractivity contribution is 6.09. The van der Waals surface area contributed by atoms with E-state index in [2.05, 4.69) is 22.4 Å². The maximum atomic E-state index is 11.9. The predicted molar refractivity (Wildman–Crippen MR) is 120 cm³/mol. The highest BCUT2D eigenvalue weighted by Gasteiger charge is 2.23. The lowest BCUT2D eigenvalue weighted by molar-refractivity contribution is 0.100. The van der Waals surface area contributed by atoms with Crippen molar-refractivity contribution in [2.75, 3.05) is 11.9 Å². The van der Waals surface area contributed by atoms with Crippen molar-refractivity contribution in [1.82, 2.24) is 15.0 Å². The molecule has 7 nitrogen and oxygen atoms in total. The summed E-state index contributed by atoms with van der Waals surface area (Å²) in [6.45, 7) is 3.24. The number of nitrogens with one attached hydrogen (secondary N) is 2. The summed E-state index contributed by atoms with van der Waals surface area (Å²) in [6.07, 6.45) is 1.75. The fourth-order valence-corrected chi connectivity index (χ4v) is 4.09. The number of anilines is 1. The van der Waals surface area contributed by atoms with Gasteiger partial charge in [-0.2, -0.15) is 0 Å². The van der Waals surface area contributed by atoms with E-state index in [0.29, 0.717) is 35.9 Å². The summed E-state index contributed by atoms with van der Waals surface area (Å²) in [5.74, 6) is 1.54. The van der Waals surface area contributed by atoms with Crippen molar-refractivity contribution in [3.05, 3.63) is 71.0 Å². The number of aromatic nitrogens is 3. The van der Waals surface area contributed by atoms with Crippen molar-refractivity contribution >= 4 is 22.6 Å². The molecule has 2 aromatic heterocycles. The standard InChI is InChI=1S/C24H23N5O2/c1-14-19(16-9-5-10-17(22(25)30)20(16)27-14)23-28-18-11-6-12-31-21(18)24(29-23)26-13-15-7-3-2-4-8-15/h2-5,7-10,27H,6,11-13H2,1H3,(H2,25,30)(H,26,28,29). The third-order valence-electron chi connectivity index (χ3n) is 5.55. The maximum Gasteiger partial charge on any atom is 0.250 e. The lowest BCUT2D eigenvalue weighted by Crippen LogP contribution is -2.15. The van der Waals surface area contributed by atoms with E-state index in [1.807, 2.05) is 37.3 Å². The average molecular weight is 413 g/mol. The van der Waals surface area contributed by atoms with Gasteiger partial charge in [0.15, 0.2) is 17.4 Å². The topological polar surface area (TPSA) is 106 Å². The molecule has 31 heavy (non-hydrogen) atoms. The van der Waals surface area contributed by atoms with E-state index >= 15 is 0 Å². The largest absolute Gasteiger partial charge is 0.488 e. The minimum Gasteiger partial charge on any atom is -0.488 e. The van der Waals surface area contributed by atoms with E-state index < -0.39 is 5.91 Å². The summed E-state index contributed by atoms with van der Waals surface area (Å²) in [5.41, 5.74) is 10.5. The molecule has 7 heteroatoms. The number of rotatable bonds is 5. The van der Waals surface area contributed by atoms with Crippen LogP contribution in [0.4, 0.5) is 5.82 Å². The summed E-state index contributed by atoms with van der Waals surface area (Å²) in [7, 11) is 0. The van der Waals surface area contributed by atoms with Gasteiger partial charge < -0.3 is 20.8 Å². The molecule has 1 aliphatic heterocycles. The van der Waals surface area contributed by atoms with E-state index in [9.17, 15) is 4.79 Å². The van der Waals surface area contributed by atoms with Gasteiger partial charge in [-0.3, -0.25) is 4.79 Å². The van der Waals surface area contributed by atoms with E-state index in [1.54, 1.807) is 6.07 Å². The number of hydrogen-bond acceptors (Lipinski definition) is 5. The van der Waals surface area contributed by atoms with Crippen LogP contribution in [0.1, 0.15) is 33.7 Å². The minimum atomic E-state index is -0.469. The van der Waals surface area contributed by atoms with E-state index in [1.165, 1.54) is 0 Å². The number of fused-ring (bicyclic) bond motifs is 2. The van der Waals surface area contributed by atoms with Crippen molar-refractivity contribution in [2.24, 2.45) is 5.73 Å². The van der Waals surface area contributed by atoms with Gasteiger partial charge in [0.05, 0.1) is 23.4 Å². The zero-order valence-electron chi connectivity index (χ0n) is 17.2. The summed E-state index contributed by atoms with van der Waals surface area (Å²) >= 11 is 0. The van der Waals surface area contributed by atoms with Crippen LogP contribution in [-0.4, -0.2) is 27.5 Å². The molecule has 156 valence electrons. The number of hydrogen-bond donors (Lipinski definition) is 3. The zero-order valence-corrected chi connectivity index (χ0v) is 17.2. The van der Waals surface area contributed by atoms with Crippen molar-refractivity contribution in [1.29, 1.82) is 0 Å². The molecule has 5 rings (SSSR count). The normalized spacial score (nSPS) is 12.9. The van der Waals surface area contributed by atoms with Gasteiger partial charge in [-0.05, 0) is 31.4 Å². The molecule has 0 radical (unpaired) electrons. The Kier molecular flexibility index (Phi) is 4.78. The smallest absolute Gasteiger partial charge is 0.250 e. The quantitative estimate of drug-likeness (QED) is 0.459. The van der Waals surface area contributed by atoms with Crippen LogP contribution in [0.5, 0.6) is 5.75 Å². The Bertz CT molecular complexity index is 1280. The molecular formula is C24H23N5O2. The Morgan fingerprint density at radius 2 is 2.00 bits per heavy atom. The van der Waals surface area contributed by atoms with Gasteiger partial charge >= 0.3 is 0 Å². The molecule has 0 fully saturated rings. The van der Waals surface area contributed by atoms with Crippen LogP contribution in [0.25, 0.3) is 22.3 Å². The molecule has 0 atom stereocenters. The number of ether oxygens (including phenoxy) is 1. The number of para-hydroxylation sites is 1. The van der Waals surface area contributed by atoms with Gasteiger partial charge in [-0.15, -0.1) is 0 Å². The third-order valence-corrected chi connectivity index (χ3v) is 5.55. The molecule has 0 saturated heterocycles. The first-order chi connectivity index (χ1) is 15.1. The number of nitrogens with zero attached hydrogens (tertiary/aromatic N) is 2. The van der Waals surface area contributed by atoms with Crippen LogP contribution >= 0.6 is 0 Å². The Balaban J connectivity index is 1.62. The summed E-state index contributed by atoms with van der Waals surface area (Å²) < 4.78 is 5.93. The molecule has 3 heterocycles. The first-order valence-electron chi connectivity index (χ1n) is 10.3. The number of carbonyl (C=O) groups is 1. The summed E-state index contributed by atoms with van der Waals surface area (Å²) in [4.78, 5) is 24.9. The fourth-order valence-electron chi connectivity index (χ4n) is 4.09. The maximum absolute atomic E-state index is 11.9. The van der Waals surface area contributed by atoms with Gasteiger partial charge in [-0.25, -0.2) is 9.97 Å². The number of amides is 1. The first kappa shape index (κ1) is 19.1. The summed E-state index contributed by atoms with van der Waals surface area (Å²) in [6, 6.07) is 15.7. The van der Waals surface area contributed by atoms with E-state index in [0.717, 1.165) is 46.5 Å². The van der Waals surface area contributed by atoms with Crippen LogP contribution in [-0.2, 0) is 13.0 Å². The average Bonchev–Trinajstić information content (AvgIpc) is 3.13. The molecule has 4 aromatic rings. The van der Waals surface area contributed by atoms with Gasteiger partial charge in [0.2, 0.25) is 0 Å². The van der Waals surface area contributed by atoms with Gasteiger partial charge in [0.25, 0.3) is 5.91 Å². The second-order valence-electron chi connectivity index (χ2n) is 7.68. The van der Waals surface area contributed by atoms with Gasteiger partial charge in [-0.1, -0.05) is 42.5 Å². The number of aryl methyl sites for hydroxylation is 2. The van der Waals surface area contributed by atoms with Crippen LogP contribution in [0, 0.1) is 6.92 Å².